The number of anilines is 1. The summed E-state index contributed by atoms with van der Waals surface area (Å²) in [5.74, 6) is 1.39. The molecule has 2 aliphatic heterocycles. The molecule has 3 aromatic rings. The van der Waals surface area contributed by atoms with Crippen molar-refractivity contribution in [2.75, 3.05) is 63.6 Å². The normalized spacial score (nSPS) is 18.6. The van der Waals surface area contributed by atoms with Gasteiger partial charge in [0, 0.05) is 76.2 Å². The van der Waals surface area contributed by atoms with Gasteiger partial charge in [-0.1, -0.05) is 0 Å². The molecule has 2 aliphatic rings. The topological polar surface area (TPSA) is 135 Å². The van der Waals surface area contributed by atoms with Crippen molar-refractivity contribution in [1.82, 2.24) is 33.5 Å². The second kappa shape index (κ2) is 9.50. The van der Waals surface area contributed by atoms with E-state index >= 15 is 0 Å². The van der Waals surface area contributed by atoms with Gasteiger partial charge in [0.15, 0.2) is 11.5 Å². The maximum atomic E-state index is 11.8. The zero-order valence-corrected chi connectivity index (χ0v) is 20.0. The summed E-state index contributed by atoms with van der Waals surface area (Å²) < 4.78 is 32.7. The van der Waals surface area contributed by atoms with Gasteiger partial charge in [0.2, 0.25) is 10.0 Å². The molecule has 0 unspecified atom stereocenters. The molecule has 0 amide bonds. The van der Waals surface area contributed by atoms with Gasteiger partial charge >= 0.3 is 0 Å². The molecule has 0 aromatic carbocycles. The van der Waals surface area contributed by atoms with Crippen LogP contribution in [0.2, 0.25) is 0 Å². The Morgan fingerprint density at radius 3 is 2.35 bits per heavy atom. The van der Waals surface area contributed by atoms with E-state index in [2.05, 4.69) is 19.8 Å². The molecule has 5 rings (SSSR count). The number of rotatable bonds is 6. The van der Waals surface area contributed by atoms with Crippen LogP contribution in [0.25, 0.3) is 16.9 Å². The average Bonchev–Trinajstić information content (AvgIpc) is 3.26. The molecule has 2 fully saturated rings. The number of nitrogens with two attached hydrogens (primary N) is 1. The van der Waals surface area contributed by atoms with Gasteiger partial charge in [0.1, 0.15) is 5.82 Å². The van der Waals surface area contributed by atoms with Crippen LogP contribution in [0.5, 0.6) is 0 Å². The van der Waals surface area contributed by atoms with Crippen LogP contribution in [0.3, 0.4) is 0 Å². The summed E-state index contributed by atoms with van der Waals surface area (Å²) in [7, 11) is -3.15. The molecule has 13 heteroatoms. The lowest BCUT2D eigenvalue weighted by atomic mass is 10.2. The lowest BCUT2D eigenvalue weighted by Crippen LogP contribution is -2.47. The molecule has 2 saturated heterocycles. The maximum Gasteiger partial charge on any atom is 0.211 e. The van der Waals surface area contributed by atoms with Crippen molar-refractivity contribution < 1.29 is 13.2 Å². The summed E-state index contributed by atoms with van der Waals surface area (Å²) in [6.45, 7) is 6.03. The Balaban J connectivity index is 1.44. The number of ether oxygens (including phenoxy) is 1. The fraction of sp³-hybridized carbons (Fsp3) is 0.524. The van der Waals surface area contributed by atoms with Crippen molar-refractivity contribution in [3.8, 4) is 11.3 Å². The van der Waals surface area contributed by atoms with E-state index < -0.39 is 10.0 Å². The molecular formula is C21H29N9O3S. The van der Waals surface area contributed by atoms with E-state index in [0.717, 1.165) is 41.5 Å². The summed E-state index contributed by atoms with van der Waals surface area (Å²) >= 11 is 0. The maximum absolute atomic E-state index is 11.8. The zero-order chi connectivity index (χ0) is 23.7. The monoisotopic (exact) mass is 487 g/mol. The smallest absolute Gasteiger partial charge is 0.211 e. The lowest BCUT2D eigenvalue weighted by molar-refractivity contribution is 0.122. The van der Waals surface area contributed by atoms with Crippen LogP contribution in [0, 0.1) is 0 Å². The van der Waals surface area contributed by atoms with E-state index in [1.54, 1.807) is 12.4 Å². The summed E-state index contributed by atoms with van der Waals surface area (Å²) in [6, 6.07) is 0. The van der Waals surface area contributed by atoms with Gasteiger partial charge in [-0.05, 0) is 0 Å². The van der Waals surface area contributed by atoms with Crippen molar-refractivity contribution in [2.45, 2.75) is 13.1 Å². The fourth-order valence-corrected chi connectivity index (χ4v) is 5.10. The van der Waals surface area contributed by atoms with Crippen molar-refractivity contribution >= 4 is 21.5 Å². The SMILES string of the molecule is CS(=O)(=O)N1CCN(Cc2cn3cc(-c4cnc(CN)nc4)nc(N4CCOCC4)c3n2)CC1. The Bertz CT molecular complexity index is 1250. The fourth-order valence-electron chi connectivity index (χ4n) is 4.28. The summed E-state index contributed by atoms with van der Waals surface area (Å²) in [5.41, 5.74) is 8.89. The van der Waals surface area contributed by atoms with Gasteiger partial charge in [-0.2, -0.15) is 4.31 Å². The third kappa shape index (κ3) is 4.88. The molecule has 0 spiro atoms. The molecule has 0 bridgehead atoms. The van der Waals surface area contributed by atoms with Crippen molar-refractivity contribution in [2.24, 2.45) is 5.73 Å². The molecule has 2 N–H and O–H groups in total. The molecule has 0 radical (unpaired) electrons. The van der Waals surface area contributed by atoms with Crippen LogP contribution in [-0.2, 0) is 27.8 Å². The van der Waals surface area contributed by atoms with Crippen LogP contribution >= 0.6 is 0 Å². The van der Waals surface area contributed by atoms with Gasteiger partial charge < -0.3 is 19.8 Å². The number of fused-ring (bicyclic) bond motifs is 1. The molecule has 0 saturated carbocycles. The first-order chi connectivity index (χ1) is 16.4. The minimum Gasteiger partial charge on any atom is -0.378 e. The molecule has 182 valence electrons. The number of sulfonamides is 1. The minimum absolute atomic E-state index is 0.287. The standard InChI is InChI=1S/C21H29N9O3S/c1-34(31,32)30-4-2-27(3-5-30)13-17-14-29-15-18(16-11-23-19(10-22)24-12-16)26-21(20(29)25-17)28-6-8-33-9-7-28/h11-12,14-15H,2-10,13,22H2,1H3. The predicted molar refractivity (Wildman–Crippen MR) is 127 cm³/mol. The number of hydrogen-bond donors (Lipinski definition) is 1. The van der Waals surface area contributed by atoms with E-state index in [1.807, 2.05) is 16.8 Å². The molecule has 34 heavy (non-hydrogen) atoms. The molecular weight excluding hydrogens is 458 g/mol. The Labute approximate surface area is 198 Å². The number of piperazine rings is 1. The molecule has 0 atom stereocenters. The second-order valence-corrected chi connectivity index (χ2v) is 10.5. The lowest BCUT2D eigenvalue weighted by Gasteiger charge is -2.32. The summed E-state index contributed by atoms with van der Waals surface area (Å²) in [6.07, 6.45) is 8.70. The van der Waals surface area contributed by atoms with Crippen molar-refractivity contribution in [3.63, 3.8) is 0 Å². The highest BCUT2D eigenvalue weighted by Crippen LogP contribution is 2.26. The third-order valence-electron chi connectivity index (χ3n) is 6.15. The Morgan fingerprint density at radius 1 is 1.00 bits per heavy atom. The van der Waals surface area contributed by atoms with E-state index in [9.17, 15) is 8.42 Å². The number of morpholine rings is 1. The highest BCUT2D eigenvalue weighted by Gasteiger charge is 2.25. The van der Waals surface area contributed by atoms with Gasteiger partial charge in [0.05, 0.1) is 37.4 Å². The number of aromatic nitrogens is 5. The van der Waals surface area contributed by atoms with Crippen LogP contribution in [0.4, 0.5) is 5.82 Å². The summed E-state index contributed by atoms with van der Waals surface area (Å²) in [5, 5.41) is 0. The van der Waals surface area contributed by atoms with Gasteiger partial charge in [-0.3, -0.25) is 4.90 Å². The van der Waals surface area contributed by atoms with Gasteiger partial charge in [-0.15, -0.1) is 0 Å². The average molecular weight is 488 g/mol. The Morgan fingerprint density at radius 2 is 1.71 bits per heavy atom. The van der Waals surface area contributed by atoms with Crippen LogP contribution in [0.1, 0.15) is 11.5 Å². The van der Waals surface area contributed by atoms with Crippen molar-refractivity contribution in [3.05, 3.63) is 36.3 Å². The van der Waals surface area contributed by atoms with E-state index in [0.29, 0.717) is 51.8 Å². The predicted octanol–water partition coefficient (Wildman–Crippen LogP) is -0.441. The highest BCUT2D eigenvalue weighted by molar-refractivity contribution is 7.88. The van der Waals surface area contributed by atoms with E-state index in [1.165, 1.54) is 10.6 Å². The second-order valence-electron chi connectivity index (χ2n) is 8.54. The van der Waals surface area contributed by atoms with E-state index in [4.69, 9.17) is 20.4 Å². The largest absolute Gasteiger partial charge is 0.378 e. The quantitative estimate of drug-likeness (QED) is 0.487. The van der Waals surface area contributed by atoms with Gasteiger partial charge in [-0.25, -0.2) is 28.4 Å². The third-order valence-corrected chi connectivity index (χ3v) is 7.45. The first kappa shape index (κ1) is 23.1. The van der Waals surface area contributed by atoms with Crippen LogP contribution in [0.15, 0.2) is 24.8 Å². The van der Waals surface area contributed by atoms with Crippen LogP contribution in [-0.4, -0.2) is 101 Å². The number of nitrogens with zero attached hydrogens (tertiary/aromatic N) is 8. The van der Waals surface area contributed by atoms with E-state index in [-0.39, 0.29) is 6.54 Å². The van der Waals surface area contributed by atoms with Crippen LogP contribution < -0.4 is 10.6 Å². The Hall–Kier alpha value is -2.71. The first-order valence-electron chi connectivity index (χ1n) is 11.3. The molecule has 0 aliphatic carbocycles. The molecule has 3 aromatic heterocycles. The molecule has 5 heterocycles. The molecule has 12 nitrogen and oxygen atoms in total. The first-order valence-corrected chi connectivity index (χ1v) is 13.2. The number of hydrogen-bond acceptors (Lipinski definition) is 10. The summed E-state index contributed by atoms with van der Waals surface area (Å²) in [4.78, 5) is 22.9. The zero-order valence-electron chi connectivity index (χ0n) is 19.2. The Kier molecular flexibility index (Phi) is 6.44. The van der Waals surface area contributed by atoms with Crippen molar-refractivity contribution in [1.29, 1.82) is 0 Å². The minimum atomic E-state index is -3.15. The van der Waals surface area contributed by atoms with Gasteiger partial charge in [0.25, 0.3) is 0 Å². The highest BCUT2D eigenvalue weighted by atomic mass is 32.2. The number of imidazole rings is 1.